The van der Waals surface area contributed by atoms with Crippen molar-refractivity contribution < 1.29 is 14.7 Å². The van der Waals surface area contributed by atoms with Crippen LogP contribution >= 0.6 is 11.3 Å². The molecule has 0 bridgehead atoms. The van der Waals surface area contributed by atoms with E-state index >= 15 is 0 Å². The van der Waals surface area contributed by atoms with Gasteiger partial charge in [0.25, 0.3) is 0 Å². The summed E-state index contributed by atoms with van der Waals surface area (Å²) in [5.74, 6) is -1.25. The number of hydrogen-bond acceptors (Lipinski definition) is 5. The van der Waals surface area contributed by atoms with Gasteiger partial charge in [-0.3, -0.25) is 14.9 Å². The van der Waals surface area contributed by atoms with Crippen LogP contribution in [0.3, 0.4) is 0 Å². The van der Waals surface area contributed by atoms with Gasteiger partial charge in [0.05, 0.1) is 12.2 Å². The zero-order valence-electron chi connectivity index (χ0n) is 12.9. The second-order valence-corrected chi connectivity index (χ2v) is 6.21. The molecular weight excluding hydrogens is 290 g/mol. The predicted octanol–water partition coefficient (Wildman–Crippen LogP) is 2.04. The molecule has 0 aromatic carbocycles. The first kappa shape index (κ1) is 17.6. The van der Waals surface area contributed by atoms with E-state index in [1.807, 2.05) is 27.7 Å². The highest BCUT2D eigenvalue weighted by Crippen LogP contribution is 2.22. The van der Waals surface area contributed by atoms with Crippen LogP contribution < -0.4 is 10.6 Å². The fraction of sp³-hybridized carbons (Fsp3) is 0.643. The smallest absolute Gasteiger partial charge is 0.320 e. The SMILES string of the molecule is CCc1nc(NC(=O)CN[C@H](C(=O)O)[C@@H](C)CC)sc1C. The van der Waals surface area contributed by atoms with Crippen LogP contribution in [0.2, 0.25) is 0 Å². The van der Waals surface area contributed by atoms with Gasteiger partial charge < -0.3 is 10.4 Å². The second kappa shape index (κ2) is 8.09. The first-order valence-electron chi connectivity index (χ1n) is 7.11. The maximum Gasteiger partial charge on any atom is 0.320 e. The zero-order valence-corrected chi connectivity index (χ0v) is 13.7. The average molecular weight is 313 g/mol. The molecular formula is C14H23N3O3S. The van der Waals surface area contributed by atoms with E-state index in [2.05, 4.69) is 15.6 Å². The zero-order chi connectivity index (χ0) is 16.0. The van der Waals surface area contributed by atoms with Crippen LogP contribution in [0.15, 0.2) is 0 Å². The van der Waals surface area contributed by atoms with Gasteiger partial charge in [-0.1, -0.05) is 27.2 Å². The Labute approximate surface area is 129 Å². The van der Waals surface area contributed by atoms with E-state index in [0.29, 0.717) is 5.13 Å². The van der Waals surface area contributed by atoms with Crippen LogP contribution in [0.4, 0.5) is 5.13 Å². The molecule has 6 nitrogen and oxygen atoms in total. The standard InChI is InChI=1S/C14H23N3O3S/c1-5-8(3)12(13(19)20)15-7-11(18)17-14-16-10(6-2)9(4)21-14/h8,12,15H,5-7H2,1-4H3,(H,19,20)(H,16,17,18)/t8-,12-/m0/s1. The molecule has 1 aromatic rings. The summed E-state index contributed by atoms with van der Waals surface area (Å²) in [7, 11) is 0. The molecule has 21 heavy (non-hydrogen) atoms. The monoisotopic (exact) mass is 313 g/mol. The lowest BCUT2D eigenvalue weighted by molar-refractivity contribution is -0.140. The van der Waals surface area contributed by atoms with E-state index in [1.54, 1.807) is 0 Å². The summed E-state index contributed by atoms with van der Waals surface area (Å²) in [4.78, 5) is 28.4. The Morgan fingerprint density at radius 3 is 2.52 bits per heavy atom. The second-order valence-electron chi connectivity index (χ2n) is 5.01. The number of nitrogens with one attached hydrogen (secondary N) is 2. The van der Waals surface area contributed by atoms with Crippen molar-refractivity contribution in [1.29, 1.82) is 0 Å². The summed E-state index contributed by atoms with van der Waals surface area (Å²) < 4.78 is 0. The molecule has 1 amide bonds. The maximum absolute atomic E-state index is 11.9. The number of amides is 1. The van der Waals surface area contributed by atoms with Crippen LogP contribution in [-0.4, -0.2) is 34.6 Å². The third-order valence-electron chi connectivity index (χ3n) is 3.44. The lowest BCUT2D eigenvalue weighted by atomic mass is 9.99. The summed E-state index contributed by atoms with van der Waals surface area (Å²) in [5.41, 5.74) is 0.978. The normalized spacial score (nSPS) is 13.7. The third-order valence-corrected chi connectivity index (χ3v) is 4.36. The highest BCUT2D eigenvalue weighted by molar-refractivity contribution is 7.15. The summed E-state index contributed by atoms with van der Waals surface area (Å²) in [6.45, 7) is 7.71. The number of thiazole rings is 1. The lowest BCUT2D eigenvalue weighted by Crippen LogP contribution is -2.45. The Morgan fingerprint density at radius 1 is 1.38 bits per heavy atom. The molecule has 3 N–H and O–H groups in total. The number of hydrogen-bond donors (Lipinski definition) is 3. The van der Waals surface area contributed by atoms with Crippen molar-refractivity contribution in [3.63, 3.8) is 0 Å². The summed E-state index contributed by atoms with van der Waals surface area (Å²) in [6, 6.07) is -0.718. The predicted molar refractivity (Wildman–Crippen MR) is 83.7 cm³/mol. The Balaban J connectivity index is 2.54. The van der Waals surface area contributed by atoms with E-state index in [9.17, 15) is 9.59 Å². The van der Waals surface area contributed by atoms with E-state index in [4.69, 9.17) is 5.11 Å². The molecule has 0 fully saturated rings. The van der Waals surface area contributed by atoms with Crippen molar-refractivity contribution in [2.45, 2.75) is 46.6 Å². The van der Waals surface area contributed by atoms with Crippen LogP contribution in [0, 0.1) is 12.8 Å². The molecule has 1 rings (SSSR count). The molecule has 0 aliphatic heterocycles. The fourth-order valence-electron chi connectivity index (χ4n) is 1.94. The number of carboxylic acid groups (broad SMARTS) is 1. The van der Waals surface area contributed by atoms with E-state index in [0.717, 1.165) is 23.4 Å². The molecule has 0 saturated heterocycles. The summed E-state index contributed by atoms with van der Waals surface area (Å²) >= 11 is 1.43. The Hall–Kier alpha value is -1.47. The van der Waals surface area contributed by atoms with Crippen LogP contribution in [0.5, 0.6) is 0 Å². The minimum Gasteiger partial charge on any atom is -0.480 e. The van der Waals surface area contributed by atoms with Gasteiger partial charge in [-0.25, -0.2) is 4.98 Å². The van der Waals surface area contributed by atoms with Crippen molar-refractivity contribution >= 4 is 28.3 Å². The van der Waals surface area contributed by atoms with Crippen molar-refractivity contribution in [2.24, 2.45) is 5.92 Å². The molecule has 0 aliphatic rings. The Bertz CT molecular complexity index is 502. The fourth-order valence-corrected chi connectivity index (χ4v) is 2.86. The number of rotatable bonds is 8. The van der Waals surface area contributed by atoms with Gasteiger partial charge in [0.15, 0.2) is 5.13 Å². The van der Waals surface area contributed by atoms with Crippen molar-refractivity contribution in [3.05, 3.63) is 10.6 Å². The maximum atomic E-state index is 11.9. The number of carbonyl (C=O) groups excluding carboxylic acids is 1. The van der Waals surface area contributed by atoms with Gasteiger partial charge in [-0.15, -0.1) is 11.3 Å². The number of aliphatic carboxylic acids is 1. The number of aromatic nitrogens is 1. The number of carboxylic acids is 1. The molecule has 118 valence electrons. The highest BCUT2D eigenvalue weighted by atomic mass is 32.1. The van der Waals surface area contributed by atoms with Gasteiger partial charge in [0, 0.05) is 4.88 Å². The van der Waals surface area contributed by atoms with Crippen LogP contribution in [-0.2, 0) is 16.0 Å². The number of anilines is 1. The van der Waals surface area contributed by atoms with Gasteiger partial charge in [-0.05, 0) is 19.3 Å². The summed E-state index contributed by atoms with van der Waals surface area (Å²) in [6.07, 6.45) is 1.56. The first-order chi connectivity index (χ1) is 9.88. The average Bonchev–Trinajstić information content (AvgIpc) is 2.77. The molecule has 1 aromatic heterocycles. The minimum atomic E-state index is -0.935. The first-order valence-corrected chi connectivity index (χ1v) is 7.92. The largest absolute Gasteiger partial charge is 0.480 e. The topological polar surface area (TPSA) is 91.3 Å². The highest BCUT2D eigenvalue weighted by Gasteiger charge is 2.23. The number of nitrogens with zero attached hydrogens (tertiary/aromatic N) is 1. The molecule has 0 aliphatic carbocycles. The Morgan fingerprint density at radius 2 is 2.05 bits per heavy atom. The number of aryl methyl sites for hydroxylation is 2. The van der Waals surface area contributed by atoms with E-state index in [-0.39, 0.29) is 18.4 Å². The number of carbonyl (C=O) groups is 2. The molecule has 0 radical (unpaired) electrons. The molecule has 0 spiro atoms. The van der Waals surface area contributed by atoms with Gasteiger partial charge in [0.2, 0.25) is 5.91 Å². The van der Waals surface area contributed by atoms with E-state index < -0.39 is 12.0 Å². The molecule has 7 heteroatoms. The van der Waals surface area contributed by atoms with Crippen molar-refractivity contribution in [1.82, 2.24) is 10.3 Å². The van der Waals surface area contributed by atoms with Gasteiger partial charge in [-0.2, -0.15) is 0 Å². The molecule has 0 saturated carbocycles. The van der Waals surface area contributed by atoms with Gasteiger partial charge >= 0.3 is 5.97 Å². The van der Waals surface area contributed by atoms with Gasteiger partial charge in [0.1, 0.15) is 6.04 Å². The minimum absolute atomic E-state index is 0.0379. The molecule has 0 unspecified atom stereocenters. The lowest BCUT2D eigenvalue weighted by Gasteiger charge is -2.19. The quantitative estimate of drug-likeness (QED) is 0.683. The van der Waals surface area contributed by atoms with Crippen LogP contribution in [0.1, 0.15) is 37.8 Å². The molecule has 2 atom stereocenters. The van der Waals surface area contributed by atoms with Crippen molar-refractivity contribution in [2.75, 3.05) is 11.9 Å². The summed E-state index contributed by atoms with van der Waals surface area (Å²) in [5, 5.41) is 15.2. The van der Waals surface area contributed by atoms with E-state index in [1.165, 1.54) is 11.3 Å². The van der Waals surface area contributed by atoms with Crippen LogP contribution in [0.25, 0.3) is 0 Å². The Kier molecular flexibility index (Phi) is 6.77. The van der Waals surface area contributed by atoms with Crippen molar-refractivity contribution in [3.8, 4) is 0 Å². The third kappa shape index (κ3) is 5.09. The molecule has 1 heterocycles.